The zero-order chi connectivity index (χ0) is 19.2. The molecular formula is C15H26N6O4. The number of nitrogen functional groups attached to an aromatic ring is 1. The molecule has 0 aliphatic carbocycles. The molecular weight excluding hydrogens is 328 g/mol. The third-order valence-corrected chi connectivity index (χ3v) is 2.93. The van der Waals surface area contributed by atoms with Gasteiger partial charge in [0, 0.05) is 26.2 Å². The van der Waals surface area contributed by atoms with Crippen molar-refractivity contribution in [1.29, 1.82) is 0 Å². The van der Waals surface area contributed by atoms with Crippen molar-refractivity contribution in [3.8, 4) is 0 Å². The Bertz CT molecular complexity index is 701. The molecule has 10 heteroatoms. The van der Waals surface area contributed by atoms with Crippen molar-refractivity contribution in [2.75, 3.05) is 11.1 Å². The van der Waals surface area contributed by atoms with Crippen LogP contribution in [0.3, 0.4) is 0 Å². The van der Waals surface area contributed by atoms with Gasteiger partial charge >= 0.3 is 6.09 Å². The summed E-state index contributed by atoms with van der Waals surface area (Å²) < 4.78 is 8.11. The summed E-state index contributed by atoms with van der Waals surface area (Å²) in [6, 6.07) is 3.23. The van der Waals surface area contributed by atoms with Crippen LogP contribution in [0, 0.1) is 0 Å². The number of aliphatic hydroxyl groups is 2. The zero-order valence-electron chi connectivity index (χ0n) is 15.1. The molecule has 0 spiro atoms. The van der Waals surface area contributed by atoms with Crippen molar-refractivity contribution in [2.24, 2.45) is 14.1 Å². The molecule has 140 valence electrons. The lowest BCUT2D eigenvalue weighted by molar-refractivity contribution is 0.0635. The molecule has 1 amide bonds. The lowest BCUT2D eigenvalue weighted by Crippen LogP contribution is -2.27. The third kappa shape index (κ3) is 6.81. The topological polar surface area (TPSA) is 140 Å². The van der Waals surface area contributed by atoms with Crippen molar-refractivity contribution in [3.05, 3.63) is 23.5 Å². The number of hydrogen-bond acceptors (Lipinski definition) is 7. The summed E-state index contributed by atoms with van der Waals surface area (Å²) in [6.07, 6.45) is -0.560. The number of aliphatic hydroxyl groups excluding tert-OH is 2. The van der Waals surface area contributed by atoms with Crippen LogP contribution in [0.5, 0.6) is 0 Å². The number of rotatable bonds is 3. The van der Waals surface area contributed by atoms with E-state index >= 15 is 0 Å². The van der Waals surface area contributed by atoms with E-state index in [9.17, 15) is 4.79 Å². The first-order valence-corrected chi connectivity index (χ1v) is 7.58. The van der Waals surface area contributed by atoms with Crippen LogP contribution in [0.2, 0.25) is 0 Å². The quantitative estimate of drug-likeness (QED) is 0.637. The summed E-state index contributed by atoms with van der Waals surface area (Å²) >= 11 is 0. The second-order valence-corrected chi connectivity index (χ2v) is 6.27. The highest BCUT2D eigenvalue weighted by Crippen LogP contribution is 2.12. The first-order valence-electron chi connectivity index (χ1n) is 7.58. The Hall–Kier alpha value is -2.59. The molecule has 0 saturated heterocycles. The number of carbonyl (C=O) groups is 1. The van der Waals surface area contributed by atoms with Crippen LogP contribution < -0.4 is 11.1 Å². The van der Waals surface area contributed by atoms with Crippen LogP contribution in [0.25, 0.3) is 0 Å². The van der Waals surface area contributed by atoms with Crippen molar-refractivity contribution in [3.63, 3.8) is 0 Å². The molecule has 2 aromatic heterocycles. The van der Waals surface area contributed by atoms with Crippen LogP contribution in [0.1, 0.15) is 32.2 Å². The van der Waals surface area contributed by atoms with Crippen LogP contribution in [-0.2, 0) is 32.0 Å². The molecule has 2 heterocycles. The Kier molecular flexibility index (Phi) is 6.95. The average Bonchev–Trinajstić information content (AvgIpc) is 2.98. The Balaban J connectivity index is 0.000000293. The van der Waals surface area contributed by atoms with Gasteiger partial charge in [0.15, 0.2) is 5.82 Å². The van der Waals surface area contributed by atoms with Crippen molar-refractivity contribution in [2.45, 2.75) is 39.6 Å². The van der Waals surface area contributed by atoms with Crippen LogP contribution in [-0.4, -0.2) is 41.5 Å². The number of amides is 1. The Labute approximate surface area is 146 Å². The third-order valence-electron chi connectivity index (χ3n) is 2.93. The zero-order valence-corrected chi connectivity index (χ0v) is 15.1. The van der Waals surface area contributed by atoms with Crippen molar-refractivity contribution >= 4 is 17.7 Å². The van der Waals surface area contributed by atoms with E-state index in [0.29, 0.717) is 17.3 Å². The fourth-order valence-electron chi connectivity index (χ4n) is 1.80. The number of hydrogen-bond donors (Lipinski definition) is 4. The standard InChI is InChI=1S/C10H17N3O3.C5H9N3O/c1-10(2,3)16-9(15)11-8-5-7(6-14)13(4)12-8;1-8-4(3-9)2-5(6)7-8/h5,14H,6H2,1-4H3,(H,11,12,15);2,9H,3H2,1H3,(H2,6,7). The SMILES string of the molecule is Cn1nc(N)cc1CO.Cn1nc(NC(=O)OC(C)(C)C)cc1CO. The number of nitrogens with one attached hydrogen (secondary N) is 1. The highest BCUT2D eigenvalue weighted by atomic mass is 16.6. The molecule has 10 nitrogen and oxygen atoms in total. The van der Waals surface area contributed by atoms with E-state index in [1.54, 1.807) is 51.7 Å². The van der Waals surface area contributed by atoms with Gasteiger partial charge in [-0.2, -0.15) is 10.2 Å². The summed E-state index contributed by atoms with van der Waals surface area (Å²) in [5.41, 5.74) is 6.11. The molecule has 0 radical (unpaired) electrons. The molecule has 0 bridgehead atoms. The summed E-state index contributed by atoms with van der Waals surface area (Å²) in [5, 5.41) is 27.9. The van der Waals surface area contributed by atoms with Crippen LogP contribution in [0.4, 0.5) is 16.4 Å². The van der Waals surface area contributed by atoms with E-state index in [1.165, 1.54) is 4.68 Å². The normalized spacial score (nSPS) is 10.8. The van der Waals surface area contributed by atoms with Gasteiger partial charge in [0.05, 0.1) is 24.6 Å². The molecule has 2 rings (SSSR count). The largest absolute Gasteiger partial charge is 0.444 e. The number of ether oxygens (including phenoxy) is 1. The molecule has 0 saturated carbocycles. The van der Waals surface area contributed by atoms with E-state index in [4.69, 9.17) is 20.7 Å². The van der Waals surface area contributed by atoms with Crippen LogP contribution in [0.15, 0.2) is 12.1 Å². The van der Waals surface area contributed by atoms with Gasteiger partial charge in [0.25, 0.3) is 0 Å². The lowest BCUT2D eigenvalue weighted by atomic mass is 10.2. The fourth-order valence-corrected chi connectivity index (χ4v) is 1.80. The Morgan fingerprint density at radius 1 is 1.16 bits per heavy atom. The molecule has 0 atom stereocenters. The molecule has 0 aliphatic heterocycles. The van der Waals surface area contributed by atoms with E-state index < -0.39 is 11.7 Å². The summed E-state index contributed by atoms with van der Waals surface area (Å²) in [4.78, 5) is 11.4. The summed E-state index contributed by atoms with van der Waals surface area (Å²) in [7, 11) is 3.42. The van der Waals surface area contributed by atoms with E-state index in [1.807, 2.05) is 0 Å². The second-order valence-electron chi connectivity index (χ2n) is 6.27. The van der Waals surface area contributed by atoms with Crippen molar-refractivity contribution in [1.82, 2.24) is 19.6 Å². The minimum atomic E-state index is -0.560. The molecule has 0 fully saturated rings. The molecule has 2 aromatic rings. The number of nitrogens with zero attached hydrogens (tertiary/aromatic N) is 4. The predicted octanol–water partition coefficient (Wildman–Crippen LogP) is 0.754. The maximum atomic E-state index is 11.4. The Morgan fingerprint density at radius 2 is 1.68 bits per heavy atom. The average molecular weight is 354 g/mol. The van der Waals surface area contributed by atoms with Crippen molar-refractivity contribution < 1.29 is 19.7 Å². The minimum Gasteiger partial charge on any atom is -0.444 e. The van der Waals surface area contributed by atoms with Gasteiger partial charge in [-0.1, -0.05) is 0 Å². The fraction of sp³-hybridized carbons (Fsp3) is 0.533. The Morgan fingerprint density at radius 3 is 2.04 bits per heavy atom. The first kappa shape index (κ1) is 20.5. The van der Waals surface area contributed by atoms with Gasteiger partial charge in [-0.25, -0.2) is 4.79 Å². The first-order chi connectivity index (χ1) is 11.6. The number of anilines is 2. The van der Waals surface area contributed by atoms with Gasteiger partial charge in [-0.3, -0.25) is 14.7 Å². The molecule has 0 aromatic carbocycles. The second kappa shape index (κ2) is 8.49. The van der Waals surface area contributed by atoms with Crippen LogP contribution >= 0.6 is 0 Å². The van der Waals surface area contributed by atoms with E-state index in [0.717, 1.165) is 5.69 Å². The molecule has 0 aliphatic rings. The maximum absolute atomic E-state index is 11.4. The van der Waals surface area contributed by atoms with Gasteiger partial charge in [-0.15, -0.1) is 0 Å². The molecule has 25 heavy (non-hydrogen) atoms. The summed E-state index contributed by atoms with van der Waals surface area (Å²) in [6.45, 7) is 5.21. The number of aromatic nitrogens is 4. The smallest absolute Gasteiger partial charge is 0.413 e. The highest BCUT2D eigenvalue weighted by Gasteiger charge is 2.17. The number of aryl methyl sites for hydroxylation is 2. The van der Waals surface area contributed by atoms with Gasteiger partial charge in [-0.05, 0) is 20.8 Å². The predicted molar refractivity (Wildman–Crippen MR) is 92.5 cm³/mol. The monoisotopic (exact) mass is 354 g/mol. The highest BCUT2D eigenvalue weighted by molar-refractivity contribution is 5.83. The van der Waals surface area contributed by atoms with E-state index in [2.05, 4.69) is 15.5 Å². The van der Waals surface area contributed by atoms with Gasteiger partial charge in [0.1, 0.15) is 11.4 Å². The summed E-state index contributed by atoms with van der Waals surface area (Å²) in [5.74, 6) is 0.808. The van der Waals surface area contributed by atoms with Gasteiger partial charge in [0.2, 0.25) is 0 Å². The maximum Gasteiger partial charge on any atom is 0.413 e. The number of nitrogens with two attached hydrogens (primary N) is 1. The van der Waals surface area contributed by atoms with E-state index in [-0.39, 0.29) is 13.2 Å². The number of carbonyl (C=O) groups excluding carboxylic acids is 1. The minimum absolute atomic E-state index is 0.0132. The lowest BCUT2D eigenvalue weighted by Gasteiger charge is -2.18. The van der Waals surface area contributed by atoms with Gasteiger partial charge < -0.3 is 20.7 Å². The molecule has 0 unspecified atom stereocenters. The molecule has 5 N–H and O–H groups in total.